The van der Waals surface area contributed by atoms with Crippen LogP contribution in [0.1, 0.15) is 31.4 Å². The lowest BCUT2D eigenvalue weighted by Gasteiger charge is -2.22. The van der Waals surface area contributed by atoms with E-state index in [1.165, 1.54) is 12.1 Å². The molecule has 3 unspecified atom stereocenters. The minimum Gasteiger partial charge on any atom is -0.299 e. The molecule has 1 aliphatic carbocycles. The van der Waals surface area contributed by atoms with Crippen molar-refractivity contribution in [3.8, 4) is 0 Å². The predicted molar refractivity (Wildman–Crippen MR) is 60.6 cm³/mol. The zero-order valence-electron chi connectivity index (χ0n) is 9.67. The van der Waals surface area contributed by atoms with Gasteiger partial charge in [-0.25, -0.2) is 0 Å². The Hall–Kier alpha value is -1.03. The Kier molecular flexibility index (Phi) is 3.43. The molecule has 0 amide bonds. The van der Waals surface area contributed by atoms with E-state index >= 15 is 0 Å². The lowest BCUT2D eigenvalue weighted by atomic mass is 10.1. The smallest absolute Gasteiger partial charge is 0.299 e. The van der Waals surface area contributed by atoms with Crippen molar-refractivity contribution in [3.63, 3.8) is 0 Å². The van der Waals surface area contributed by atoms with Crippen LogP contribution in [0.2, 0.25) is 0 Å². The molecule has 1 N–H and O–H groups in total. The standard InChI is InChI=1S/C13H16F3N/c1-2-9-8-11(9)17-12(13(14,15)16)10-6-4-3-5-7-10/h3-7,9,11-12,17H,2,8H2,1H3. The maximum absolute atomic E-state index is 13.0. The molecule has 1 saturated carbocycles. The number of nitrogens with one attached hydrogen (secondary N) is 1. The average Bonchev–Trinajstić information content (AvgIpc) is 3.04. The number of alkyl halides is 3. The molecule has 0 bridgehead atoms. The van der Waals surface area contributed by atoms with Gasteiger partial charge in [-0.05, 0) is 17.9 Å². The summed E-state index contributed by atoms with van der Waals surface area (Å²) in [6, 6.07) is 6.53. The minimum absolute atomic E-state index is 0.0202. The van der Waals surface area contributed by atoms with E-state index in [9.17, 15) is 13.2 Å². The fraction of sp³-hybridized carbons (Fsp3) is 0.538. The molecule has 2 rings (SSSR count). The summed E-state index contributed by atoms with van der Waals surface area (Å²) >= 11 is 0. The van der Waals surface area contributed by atoms with Crippen LogP contribution in [-0.4, -0.2) is 12.2 Å². The van der Waals surface area contributed by atoms with E-state index in [1.807, 2.05) is 6.92 Å². The van der Waals surface area contributed by atoms with E-state index in [0.717, 1.165) is 12.8 Å². The minimum atomic E-state index is -4.23. The van der Waals surface area contributed by atoms with Crippen molar-refractivity contribution in [2.24, 2.45) is 5.92 Å². The van der Waals surface area contributed by atoms with Crippen molar-refractivity contribution < 1.29 is 13.2 Å². The molecule has 1 nitrogen and oxygen atoms in total. The highest BCUT2D eigenvalue weighted by Crippen LogP contribution is 2.39. The van der Waals surface area contributed by atoms with Gasteiger partial charge in [-0.1, -0.05) is 43.7 Å². The highest BCUT2D eigenvalue weighted by molar-refractivity contribution is 5.21. The summed E-state index contributed by atoms with van der Waals surface area (Å²) in [4.78, 5) is 0. The molecule has 0 heterocycles. The number of hydrogen-bond acceptors (Lipinski definition) is 1. The quantitative estimate of drug-likeness (QED) is 0.850. The molecule has 0 aromatic heterocycles. The van der Waals surface area contributed by atoms with Gasteiger partial charge in [0, 0.05) is 6.04 Å². The second-order valence-electron chi connectivity index (χ2n) is 4.56. The first-order valence-corrected chi connectivity index (χ1v) is 5.90. The van der Waals surface area contributed by atoms with E-state index in [2.05, 4.69) is 5.32 Å². The molecule has 4 heteroatoms. The van der Waals surface area contributed by atoms with Gasteiger partial charge in [0.2, 0.25) is 0 Å². The second kappa shape index (κ2) is 4.69. The molecule has 0 radical (unpaired) electrons. The Morgan fingerprint density at radius 1 is 1.29 bits per heavy atom. The molecule has 1 aromatic rings. The number of halogens is 3. The molecule has 1 aliphatic rings. The summed E-state index contributed by atoms with van der Waals surface area (Å²) in [6.07, 6.45) is -2.44. The lowest BCUT2D eigenvalue weighted by molar-refractivity contribution is -0.158. The third-order valence-corrected chi connectivity index (χ3v) is 3.29. The van der Waals surface area contributed by atoms with Gasteiger partial charge in [0.1, 0.15) is 6.04 Å². The Morgan fingerprint density at radius 3 is 2.41 bits per heavy atom. The summed E-state index contributed by atoms with van der Waals surface area (Å²) in [5, 5.41) is 2.72. The number of hydrogen-bond donors (Lipinski definition) is 1. The largest absolute Gasteiger partial charge is 0.407 e. The van der Waals surface area contributed by atoms with Crippen molar-refractivity contribution in [3.05, 3.63) is 35.9 Å². The maximum Gasteiger partial charge on any atom is 0.407 e. The van der Waals surface area contributed by atoms with Gasteiger partial charge in [-0.3, -0.25) is 5.32 Å². The van der Waals surface area contributed by atoms with Gasteiger partial charge in [0.05, 0.1) is 0 Å². The van der Waals surface area contributed by atoms with Crippen molar-refractivity contribution in [2.45, 2.75) is 38.0 Å². The lowest BCUT2D eigenvalue weighted by Crippen LogP contribution is -2.36. The monoisotopic (exact) mass is 243 g/mol. The summed E-state index contributed by atoms with van der Waals surface area (Å²) < 4.78 is 38.9. The highest BCUT2D eigenvalue weighted by atomic mass is 19.4. The van der Waals surface area contributed by atoms with Crippen molar-refractivity contribution >= 4 is 0 Å². The Bertz CT molecular complexity index is 361. The van der Waals surface area contributed by atoms with Gasteiger partial charge in [-0.2, -0.15) is 13.2 Å². The van der Waals surface area contributed by atoms with Gasteiger partial charge in [0.15, 0.2) is 0 Å². The molecule has 0 aliphatic heterocycles. The van der Waals surface area contributed by atoms with Crippen molar-refractivity contribution in [1.82, 2.24) is 5.32 Å². The van der Waals surface area contributed by atoms with Crippen molar-refractivity contribution in [2.75, 3.05) is 0 Å². The van der Waals surface area contributed by atoms with E-state index in [-0.39, 0.29) is 6.04 Å². The second-order valence-corrected chi connectivity index (χ2v) is 4.56. The maximum atomic E-state index is 13.0. The third-order valence-electron chi connectivity index (χ3n) is 3.29. The molecule has 3 atom stereocenters. The molecular weight excluding hydrogens is 227 g/mol. The van der Waals surface area contributed by atoms with E-state index in [1.54, 1.807) is 18.2 Å². The summed E-state index contributed by atoms with van der Waals surface area (Å²) in [7, 11) is 0. The van der Waals surface area contributed by atoms with Crippen LogP contribution in [0, 0.1) is 5.92 Å². The summed E-state index contributed by atoms with van der Waals surface area (Å²) in [6.45, 7) is 2.01. The van der Waals surface area contributed by atoms with Crippen LogP contribution in [-0.2, 0) is 0 Å². The van der Waals surface area contributed by atoms with E-state index in [4.69, 9.17) is 0 Å². The van der Waals surface area contributed by atoms with Crippen LogP contribution in [0.5, 0.6) is 0 Å². The van der Waals surface area contributed by atoms with Crippen molar-refractivity contribution in [1.29, 1.82) is 0 Å². The van der Waals surface area contributed by atoms with Gasteiger partial charge in [-0.15, -0.1) is 0 Å². The zero-order chi connectivity index (χ0) is 12.5. The number of benzene rings is 1. The molecule has 0 spiro atoms. The van der Waals surface area contributed by atoms with Crippen LogP contribution in [0.4, 0.5) is 13.2 Å². The van der Waals surface area contributed by atoms with Crippen LogP contribution in [0.3, 0.4) is 0 Å². The normalized spacial score (nSPS) is 25.6. The molecule has 0 saturated heterocycles. The molecule has 94 valence electrons. The first kappa shape index (κ1) is 12.4. The third kappa shape index (κ3) is 3.00. The van der Waals surface area contributed by atoms with Crippen LogP contribution in [0.15, 0.2) is 30.3 Å². The van der Waals surface area contributed by atoms with E-state index in [0.29, 0.717) is 11.5 Å². The van der Waals surface area contributed by atoms with Gasteiger partial charge >= 0.3 is 6.18 Å². The van der Waals surface area contributed by atoms with Crippen LogP contribution >= 0.6 is 0 Å². The average molecular weight is 243 g/mol. The highest BCUT2D eigenvalue weighted by Gasteiger charge is 2.46. The SMILES string of the molecule is CCC1CC1NC(c1ccccc1)C(F)(F)F. The Balaban J connectivity index is 2.10. The first-order valence-electron chi connectivity index (χ1n) is 5.90. The topological polar surface area (TPSA) is 12.0 Å². The van der Waals surface area contributed by atoms with Gasteiger partial charge < -0.3 is 0 Å². The molecule has 17 heavy (non-hydrogen) atoms. The van der Waals surface area contributed by atoms with Gasteiger partial charge in [0.25, 0.3) is 0 Å². The number of rotatable bonds is 4. The molecule has 1 aromatic carbocycles. The Labute approximate surface area is 99.0 Å². The van der Waals surface area contributed by atoms with E-state index < -0.39 is 12.2 Å². The molecular formula is C13H16F3N. The fourth-order valence-electron chi connectivity index (χ4n) is 2.14. The zero-order valence-corrected chi connectivity index (χ0v) is 9.67. The first-order chi connectivity index (χ1) is 8.02. The van der Waals surface area contributed by atoms with Crippen LogP contribution < -0.4 is 5.32 Å². The summed E-state index contributed by atoms with van der Waals surface area (Å²) in [5.41, 5.74) is 0.293. The Morgan fingerprint density at radius 2 is 1.94 bits per heavy atom. The predicted octanol–water partition coefficient (Wildman–Crippen LogP) is 3.68. The summed E-state index contributed by atoms with van der Waals surface area (Å²) in [5.74, 6) is 0.406. The fourth-order valence-corrected chi connectivity index (χ4v) is 2.14. The van der Waals surface area contributed by atoms with Crippen LogP contribution in [0.25, 0.3) is 0 Å². The molecule has 1 fully saturated rings.